The SMILES string of the molecule is Cc1cc(NCCCN(C)C)c2cc3ccc4cccc5ccc(c2n1)c3c45. The lowest BCUT2D eigenvalue weighted by molar-refractivity contribution is 0.405. The van der Waals surface area contributed by atoms with Gasteiger partial charge in [-0.15, -0.1) is 0 Å². The van der Waals surface area contributed by atoms with Gasteiger partial charge in [0.05, 0.1) is 5.52 Å². The first-order chi connectivity index (χ1) is 13.6. The van der Waals surface area contributed by atoms with Crippen LogP contribution in [-0.2, 0) is 0 Å². The van der Waals surface area contributed by atoms with E-state index in [1.54, 1.807) is 0 Å². The molecule has 0 amide bonds. The van der Waals surface area contributed by atoms with E-state index in [9.17, 15) is 0 Å². The number of aryl methyl sites for hydroxylation is 1. The highest BCUT2D eigenvalue weighted by atomic mass is 15.1. The molecule has 0 saturated heterocycles. The molecule has 5 aromatic rings. The number of pyridine rings is 1. The van der Waals surface area contributed by atoms with Crippen LogP contribution in [0.15, 0.2) is 54.6 Å². The summed E-state index contributed by atoms with van der Waals surface area (Å²) in [7, 11) is 4.24. The van der Waals surface area contributed by atoms with Crippen molar-refractivity contribution in [3.8, 4) is 0 Å². The van der Waals surface area contributed by atoms with Crippen LogP contribution in [0.2, 0.25) is 0 Å². The van der Waals surface area contributed by atoms with E-state index in [1.165, 1.54) is 43.4 Å². The smallest absolute Gasteiger partial charge is 0.0804 e. The lowest BCUT2D eigenvalue weighted by Crippen LogP contribution is -2.16. The largest absolute Gasteiger partial charge is 0.384 e. The molecular formula is C25H25N3. The summed E-state index contributed by atoms with van der Waals surface area (Å²) in [5.41, 5.74) is 3.34. The highest BCUT2D eigenvalue weighted by molar-refractivity contribution is 6.29. The van der Waals surface area contributed by atoms with Gasteiger partial charge in [0.2, 0.25) is 0 Å². The zero-order chi connectivity index (χ0) is 19.3. The Morgan fingerprint density at radius 3 is 2.39 bits per heavy atom. The van der Waals surface area contributed by atoms with Gasteiger partial charge in [0.25, 0.3) is 0 Å². The summed E-state index contributed by atoms with van der Waals surface area (Å²) in [6.45, 7) is 4.13. The number of fused-ring (bicyclic) bond motifs is 2. The van der Waals surface area contributed by atoms with E-state index in [-0.39, 0.29) is 0 Å². The summed E-state index contributed by atoms with van der Waals surface area (Å²) in [6.07, 6.45) is 1.12. The van der Waals surface area contributed by atoms with E-state index < -0.39 is 0 Å². The van der Waals surface area contributed by atoms with Crippen LogP contribution >= 0.6 is 0 Å². The Morgan fingerprint density at radius 1 is 0.857 bits per heavy atom. The molecular weight excluding hydrogens is 342 g/mol. The molecule has 3 nitrogen and oxygen atoms in total. The van der Waals surface area contributed by atoms with Crippen LogP contribution in [0.5, 0.6) is 0 Å². The van der Waals surface area contributed by atoms with E-state index in [4.69, 9.17) is 4.98 Å². The van der Waals surface area contributed by atoms with E-state index in [2.05, 4.69) is 85.8 Å². The standard InChI is InChI=1S/C25H25N3/c1-16-14-22(26-12-5-13-28(2)3)21-15-19-9-8-17-6-4-7-18-10-11-20(25(21)27-16)24(19)23(17)18/h4,6-11,14-15H,5,12-13H2,1-3H3,(H,26,27). The molecule has 0 bridgehead atoms. The average molecular weight is 367 g/mol. The van der Waals surface area contributed by atoms with Crippen LogP contribution in [0.3, 0.4) is 0 Å². The summed E-state index contributed by atoms with van der Waals surface area (Å²) < 4.78 is 0. The summed E-state index contributed by atoms with van der Waals surface area (Å²) in [6, 6.07) is 20.0. The molecule has 28 heavy (non-hydrogen) atoms. The molecule has 0 unspecified atom stereocenters. The van der Waals surface area contributed by atoms with Crippen molar-refractivity contribution < 1.29 is 0 Å². The Bertz CT molecular complexity index is 1290. The molecule has 0 aliphatic rings. The van der Waals surface area contributed by atoms with Gasteiger partial charge in [0.1, 0.15) is 0 Å². The first-order valence-electron chi connectivity index (χ1n) is 9.98. The molecule has 3 heteroatoms. The fourth-order valence-corrected chi connectivity index (χ4v) is 4.38. The maximum absolute atomic E-state index is 4.95. The Morgan fingerprint density at radius 2 is 1.61 bits per heavy atom. The number of benzene rings is 4. The lowest BCUT2D eigenvalue weighted by Gasteiger charge is -2.16. The van der Waals surface area contributed by atoms with Crippen LogP contribution < -0.4 is 5.32 Å². The maximum Gasteiger partial charge on any atom is 0.0804 e. The fraction of sp³-hybridized carbons (Fsp3) is 0.240. The minimum Gasteiger partial charge on any atom is -0.384 e. The Labute approximate surface area is 165 Å². The zero-order valence-electron chi connectivity index (χ0n) is 16.7. The first kappa shape index (κ1) is 17.2. The number of rotatable bonds is 5. The van der Waals surface area contributed by atoms with Gasteiger partial charge in [0.15, 0.2) is 0 Å². The molecule has 0 radical (unpaired) electrons. The molecule has 1 aromatic heterocycles. The van der Waals surface area contributed by atoms with Crippen LogP contribution in [0.4, 0.5) is 5.69 Å². The average Bonchev–Trinajstić information content (AvgIpc) is 2.69. The Kier molecular flexibility index (Phi) is 4.06. The highest BCUT2D eigenvalue weighted by Crippen LogP contribution is 2.39. The predicted molar refractivity (Wildman–Crippen MR) is 122 cm³/mol. The van der Waals surface area contributed by atoms with Gasteiger partial charge in [-0.25, -0.2) is 0 Å². The van der Waals surface area contributed by atoms with E-state index in [1.807, 2.05) is 0 Å². The third kappa shape index (κ3) is 2.74. The summed E-state index contributed by atoms with van der Waals surface area (Å²) in [5.74, 6) is 0. The minimum absolute atomic E-state index is 0.960. The summed E-state index contributed by atoms with van der Waals surface area (Å²) >= 11 is 0. The van der Waals surface area contributed by atoms with Gasteiger partial charge < -0.3 is 10.2 Å². The number of anilines is 1. The van der Waals surface area contributed by atoms with Crippen LogP contribution in [0, 0.1) is 6.92 Å². The quantitative estimate of drug-likeness (QED) is 0.242. The van der Waals surface area contributed by atoms with E-state index in [0.29, 0.717) is 0 Å². The van der Waals surface area contributed by atoms with Crippen LogP contribution in [-0.4, -0.2) is 37.1 Å². The number of nitrogens with zero attached hydrogens (tertiary/aromatic N) is 2. The van der Waals surface area contributed by atoms with Gasteiger partial charge in [-0.1, -0.05) is 42.5 Å². The fourth-order valence-electron chi connectivity index (χ4n) is 4.38. The van der Waals surface area contributed by atoms with Gasteiger partial charge in [0, 0.05) is 28.7 Å². The van der Waals surface area contributed by atoms with Crippen molar-refractivity contribution >= 4 is 48.9 Å². The second kappa shape index (κ2) is 6.61. The monoisotopic (exact) mass is 367 g/mol. The number of aromatic nitrogens is 1. The normalized spacial score (nSPS) is 12.1. The molecule has 0 fully saturated rings. The molecule has 1 N–H and O–H groups in total. The highest BCUT2D eigenvalue weighted by Gasteiger charge is 2.14. The van der Waals surface area contributed by atoms with E-state index in [0.717, 1.165) is 30.7 Å². The van der Waals surface area contributed by atoms with Gasteiger partial charge in [-0.05, 0) is 73.0 Å². The molecule has 5 rings (SSSR count). The van der Waals surface area contributed by atoms with Gasteiger partial charge >= 0.3 is 0 Å². The van der Waals surface area contributed by atoms with Crippen LogP contribution in [0.1, 0.15) is 12.1 Å². The van der Waals surface area contributed by atoms with Crippen molar-refractivity contribution in [3.05, 3.63) is 60.3 Å². The van der Waals surface area contributed by atoms with Crippen molar-refractivity contribution in [2.75, 3.05) is 32.5 Å². The summed E-state index contributed by atoms with van der Waals surface area (Å²) in [5, 5.41) is 12.7. The molecule has 0 saturated carbocycles. The third-order valence-corrected chi connectivity index (χ3v) is 5.65. The number of hydrogen-bond donors (Lipinski definition) is 1. The number of nitrogens with one attached hydrogen (secondary N) is 1. The zero-order valence-corrected chi connectivity index (χ0v) is 16.7. The molecule has 0 spiro atoms. The molecule has 0 atom stereocenters. The van der Waals surface area contributed by atoms with Crippen LogP contribution in [0.25, 0.3) is 43.2 Å². The predicted octanol–water partition coefficient (Wildman–Crippen LogP) is 5.80. The second-order valence-electron chi connectivity index (χ2n) is 8.02. The Balaban J connectivity index is 1.74. The number of hydrogen-bond acceptors (Lipinski definition) is 3. The van der Waals surface area contributed by atoms with E-state index >= 15 is 0 Å². The van der Waals surface area contributed by atoms with Crippen molar-refractivity contribution in [2.24, 2.45) is 0 Å². The van der Waals surface area contributed by atoms with Gasteiger partial charge in [-0.3, -0.25) is 4.98 Å². The maximum atomic E-state index is 4.95. The topological polar surface area (TPSA) is 28.2 Å². The first-order valence-corrected chi connectivity index (χ1v) is 9.98. The van der Waals surface area contributed by atoms with Crippen molar-refractivity contribution in [3.63, 3.8) is 0 Å². The van der Waals surface area contributed by atoms with Crippen molar-refractivity contribution in [2.45, 2.75) is 13.3 Å². The molecule has 0 aliphatic carbocycles. The summed E-state index contributed by atoms with van der Waals surface area (Å²) in [4.78, 5) is 7.18. The molecule has 1 heterocycles. The molecule has 0 aliphatic heterocycles. The lowest BCUT2D eigenvalue weighted by atomic mass is 9.92. The van der Waals surface area contributed by atoms with Gasteiger partial charge in [-0.2, -0.15) is 0 Å². The molecule has 4 aromatic carbocycles. The second-order valence-corrected chi connectivity index (χ2v) is 8.02. The Hall–Kier alpha value is -2.91. The molecule has 140 valence electrons. The van der Waals surface area contributed by atoms with Crippen molar-refractivity contribution in [1.82, 2.24) is 9.88 Å². The minimum atomic E-state index is 0.960. The third-order valence-electron chi connectivity index (χ3n) is 5.65. The van der Waals surface area contributed by atoms with Crippen molar-refractivity contribution in [1.29, 1.82) is 0 Å².